The van der Waals surface area contributed by atoms with Crippen LogP contribution < -0.4 is 20.1 Å². The van der Waals surface area contributed by atoms with Crippen molar-refractivity contribution in [2.24, 2.45) is 5.92 Å². The van der Waals surface area contributed by atoms with E-state index in [-0.39, 0.29) is 39.8 Å². The molecule has 3 atom stereocenters. The topological polar surface area (TPSA) is 96.5 Å². The van der Waals surface area contributed by atoms with Gasteiger partial charge < -0.3 is 15.4 Å². The van der Waals surface area contributed by atoms with E-state index >= 15 is 0 Å². The molecule has 32 heavy (non-hydrogen) atoms. The number of nitrogens with one attached hydrogen (secondary N) is 3. The molecule has 3 N–H and O–H groups in total. The van der Waals surface area contributed by atoms with Crippen LogP contribution in [0.4, 0.5) is 20.2 Å². The highest BCUT2D eigenvalue weighted by atomic mass is 32.2. The van der Waals surface area contributed by atoms with Crippen LogP contribution in [-0.2, 0) is 20.5 Å². The van der Waals surface area contributed by atoms with E-state index in [1.54, 1.807) is 0 Å². The van der Waals surface area contributed by atoms with Crippen LogP contribution in [0.3, 0.4) is 0 Å². The molecule has 174 valence electrons. The van der Waals surface area contributed by atoms with Crippen LogP contribution in [0.2, 0.25) is 0 Å². The van der Waals surface area contributed by atoms with E-state index in [4.69, 9.17) is 4.74 Å². The summed E-state index contributed by atoms with van der Waals surface area (Å²) < 4.78 is 60.4. The molecule has 1 unspecified atom stereocenters. The van der Waals surface area contributed by atoms with Gasteiger partial charge in [0.2, 0.25) is 5.91 Å². The average molecular weight is 485 g/mol. The number of methoxy groups -OCH3 is 1. The number of ether oxygens (including phenoxy) is 1. The number of amides is 1. The maximum atomic E-state index is 13.5. The number of alkyl halides is 2. The predicted molar refractivity (Wildman–Crippen MR) is 123 cm³/mol. The number of rotatable bonds is 8. The second-order valence-electron chi connectivity index (χ2n) is 7.60. The summed E-state index contributed by atoms with van der Waals surface area (Å²) in [7, 11) is 0.403. The third-order valence-corrected chi connectivity index (χ3v) is 7.20. The van der Waals surface area contributed by atoms with Gasteiger partial charge in [-0.15, -0.1) is 0 Å². The molecule has 0 heterocycles. The van der Waals surface area contributed by atoms with Crippen LogP contribution in [0, 0.1) is 5.92 Å². The summed E-state index contributed by atoms with van der Waals surface area (Å²) in [4.78, 5) is 12.4. The highest BCUT2D eigenvalue weighted by molar-refractivity contribution is 7.92. The second kappa shape index (κ2) is 9.68. The first kappa shape index (κ1) is 24.4. The molecule has 0 aliphatic heterocycles. The molecular weight excluding hydrogens is 459 g/mol. The monoisotopic (exact) mass is 485 g/mol. The van der Waals surface area contributed by atoms with E-state index < -0.39 is 15.7 Å². The van der Waals surface area contributed by atoms with E-state index in [1.807, 2.05) is 7.05 Å². The van der Waals surface area contributed by atoms with E-state index in [2.05, 4.69) is 15.4 Å². The van der Waals surface area contributed by atoms with Crippen molar-refractivity contribution in [3.05, 3.63) is 48.0 Å². The van der Waals surface area contributed by atoms with E-state index in [1.165, 1.54) is 52.7 Å². The summed E-state index contributed by atoms with van der Waals surface area (Å²) in [6.07, 6.45) is 2.66. The van der Waals surface area contributed by atoms with Gasteiger partial charge in [-0.05, 0) is 44.2 Å². The molecule has 1 amide bonds. The van der Waals surface area contributed by atoms with Crippen molar-refractivity contribution >= 4 is 36.5 Å². The van der Waals surface area contributed by atoms with E-state index in [0.717, 1.165) is 25.3 Å². The molecule has 1 aliphatic carbocycles. The molecule has 0 aromatic heterocycles. The standard InChI is InChI=1S/C21H26F2N3O4PS/c1-24-17-8-4-7-16(17)20(27)25-14-9-10-19(18(12-14)30-2)32(28,29)26-15-6-3-5-13(11-15)21(22,23)31/h3,5-6,9-12,16-17,24,26H,4,7-8,31H2,1-2H3,(H,25,27)/t16-,17-/m1/s1. The van der Waals surface area contributed by atoms with Gasteiger partial charge in [0, 0.05) is 29.0 Å². The number of benzene rings is 2. The van der Waals surface area contributed by atoms with Crippen LogP contribution in [0.25, 0.3) is 0 Å². The fourth-order valence-corrected chi connectivity index (χ4v) is 5.20. The first-order chi connectivity index (χ1) is 15.0. The smallest absolute Gasteiger partial charge is 0.283 e. The van der Waals surface area contributed by atoms with Gasteiger partial charge in [0.05, 0.1) is 13.0 Å². The van der Waals surface area contributed by atoms with Crippen LogP contribution >= 0.6 is 9.24 Å². The quantitative estimate of drug-likeness (QED) is 0.495. The van der Waals surface area contributed by atoms with Crippen LogP contribution in [0.15, 0.2) is 47.4 Å². The minimum atomic E-state index is -4.14. The highest BCUT2D eigenvalue weighted by Crippen LogP contribution is 2.36. The zero-order valence-corrected chi connectivity index (χ0v) is 19.7. The Labute approximate surface area is 188 Å². The summed E-state index contributed by atoms with van der Waals surface area (Å²) in [5, 5.41) is 5.96. The van der Waals surface area contributed by atoms with E-state index in [9.17, 15) is 22.0 Å². The van der Waals surface area contributed by atoms with Gasteiger partial charge in [0.15, 0.2) is 0 Å². The van der Waals surface area contributed by atoms with Gasteiger partial charge in [0.1, 0.15) is 10.6 Å². The van der Waals surface area contributed by atoms with Gasteiger partial charge in [-0.1, -0.05) is 27.8 Å². The molecule has 11 heteroatoms. The number of hydrogen-bond acceptors (Lipinski definition) is 5. The lowest BCUT2D eigenvalue weighted by molar-refractivity contribution is -0.120. The Morgan fingerprint density at radius 3 is 2.56 bits per heavy atom. The molecule has 2 aromatic rings. The molecule has 1 fully saturated rings. The van der Waals surface area contributed by atoms with Gasteiger partial charge in [-0.3, -0.25) is 9.52 Å². The van der Waals surface area contributed by atoms with Gasteiger partial charge >= 0.3 is 0 Å². The van der Waals surface area contributed by atoms with Crippen molar-refractivity contribution in [2.75, 3.05) is 24.2 Å². The number of carbonyl (C=O) groups excluding carboxylic acids is 1. The van der Waals surface area contributed by atoms with Gasteiger partial charge in [-0.25, -0.2) is 8.42 Å². The molecule has 0 spiro atoms. The SMILES string of the molecule is CN[C@@H]1CCC[C@H]1C(=O)Nc1ccc(S(=O)(=O)Nc2cccc(C(F)(F)P)c2)c(OC)c1. The summed E-state index contributed by atoms with van der Waals surface area (Å²) in [6.45, 7) is 0. The summed E-state index contributed by atoms with van der Waals surface area (Å²) >= 11 is 0. The lowest BCUT2D eigenvalue weighted by Gasteiger charge is -2.19. The fourth-order valence-electron chi connectivity index (χ4n) is 3.82. The fraction of sp³-hybridized carbons (Fsp3) is 0.381. The van der Waals surface area contributed by atoms with Crippen molar-refractivity contribution in [2.45, 2.75) is 35.9 Å². The normalized spacial score (nSPS) is 18.9. The van der Waals surface area contributed by atoms with Gasteiger partial charge in [-0.2, -0.15) is 8.78 Å². The lowest BCUT2D eigenvalue weighted by Crippen LogP contribution is -2.36. The van der Waals surface area contributed by atoms with Crippen LogP contribution in [0.1, 0.15) is 24.8 Å². The Kier molecular flexibility index (Phi) is 7.37. The minimum Gasteiger partial charge on any atom is -0.495 e. The highest BCUT2D eigenvalue weighted by Gasteiger charge is 2.32. The summed E-state index contributed by atoms with van der Waals surface area (Å²) in [6, 6.07) is 9.26. The zero-order valence-electron chi connectivity index (χ0n) is 17.7. The molecule has 2 aromatic carbocycles. The van der Waals surface area contributed by atoms with E-state index in [0.29, 0.717) is 5.69 Å². The molecule has 1 aliphatic rings. The van der Waals surface area contributed by atoms with Crippen LogP contribution in [-0.4, -0.2) is 34.5 Å². The first-order valence-corrected chi connectivity index (χ1v) is 12.1. The van der Waals surface area contributed by atoms with Crippen molar-refractivity contribution in [3.8, 4) is 5.75 Å². The molecular formula is C21H26F2N3O4PS. The average Bonchev–Trinajstić information content (AvgIpc) is 3.22. The number of anilines is 2. The third kappa shape index (κ3) is 5.54. The molecule has 0 saturated heterocycles. The number of carbonyl (C=O) groups is 1. The summed E-state index contributed by atoms with van der Waals surface area (Å²) in [5.41, 5.74) is -3.15. The van der Waals surface area contributed by atoms with Crippen molar-refractivity contribution in [1.29, 1.82) is 0 Å². The number of sulfonamides is 1. The Morgan fingerprint density at radius 1 is 1.16 bits per heavy atom. The molecule has 0 radical (unpaired) electrons. The Bertz CT molecular complexity index is 1090. The molecule has 3 rings (SSSR count). The number of halogens is 2. The molecule has 7 nitrogen and oxygen atoms in total. The summed E-state index contributed by atoms with van der Waals surface area (Å²) in [5.74, 6) is -0.301. The van der Waals surface area contributed by atoms with Crippen molar-refractivity contribution in [1.82, 2.24) is 5.32 Å². The first-order valence-electron chi connectivity index (χ1n) is 10.0. The van der Waals surface area contributed by atoms with Gasteiger partial charge in [0.25, 0.3) is 15.7 Å². The second-order valence-corrected chi connectivity index (χ2v) is 9.97. The van der Waals surface area contributed by atoms with Crippen molar-refractivity contribution < 1.29 is 26.7 Å². The predicted octanol–water partition coefficient (Wildman–Crippen LogP) is 3.75. The molecule has 1 saturated carbocycles. The Hall–Kier alpha value is -2.29. The largest absolute Gasteiger partial charge is 0.495 e. The third-order valence-electron chi connectivity index (χ3n) is 5.44. The number of hydrogen-bond donors (Lipinski definition) is 3. The molecule has 0 bridgehead atoms. The maximum Gasteiger partial charge on any atom is 0.283 e. The Balaban J connectivity index is 1.81. The van der Waals surface area contributed by atoms with Crippen LogP contribution in [0.5, 0.6) is 5.75 Å². The maximum absolute atomic E-state index is 13.5. The zero-order chi connectivity index (χ0) is 23.5. The van der Waals surface area contributed by atoms with Crippen molar-refractivity contribution in [3.63, 3.8) is 0 Å². The minimum absolute atomic E-state index is 0.0107. The Morgan fingerprint density at radius 2 is 1.91 bits per heavy atom. The lowest BCUT2D eigenvalue weighted by atomic mass is 10.0.